The minimum Gasteiger partial charge on any atom is -0.390 e. The Labute approximate surface area is 89.8 Å². The molecule has 0 aliphatic carbocycles. The van der Waals surface area contributed by atoms with E-state index in [1.165, 1.54) is 0 Å². The summed E-state index contributed by atoms with van der Waals surface area (Å²) in [5, 5.41) is 10.1. The van der Waals surface area contributed by atoms with Crippen molar-refractivity contribution in [3.05, 3.63) is 39.6 Å². The van der Waals surface area contributed by atoms with Crippen molar-refractivity contribution in [2.45, 2.75) is 6.61 Å². The van der Waals surface area contributed by atoms with Crippen LogP contribution in [0.3, 0.4) is 0 Å². The largest absolute Gasteiger partial charge is 0.390 e. The number of hydrogen-bond acceptors (Lipinski definition) is 2. The standard InChI is InChI=1S/C10H8INO/c11-9-5-7(6-13)12-10-4-2-1-3-8(9)10/h1-5,13H,6H2. The molecule has 2 nitrogen and oxygen atoms in total. The highest BCUT2D eigenvalue weighted by Gasteiger charge is 2.01. The molecule has 0 aliphatic rings. The Morgan fingerprint density at radius 2 is 2.08 bits per heavy atom. The van der Waals surface area contributed by atoms with Gasteiger partial charge in [0.2, 0.25) is 0 Å². The van der Waals surface area contributed by atoms with E-state index in [2.05, 4.69) is 27.6 Å². The summed E-state index contributed by atoms with van der Waals surface area (Å²) in [6.45, 7) is 0.000829. The lowest BCUT2D eigenvalue weighted by atomic mass is 10.2. The topological polar surface area (TPSA) is 33.1 Å². The van der Waals surface area contributed by atoms with Crippen molar-refractivity contribution >= 4 is 33.5 Å². The smallest absolute Gasteiger partial charge is 0.0853 e. The number of aliphatic hydroxyl groups excluding tert-OH is 1. The molecular weight excluding hydrogens is 277 g/mol. The molecule has 1 aromatic heterocycles. The van der Waals surface area contributed by atoms with Crippen LogP contribution in [-0.2, 0) is 6.61 Å². The molecule has 66 valence electrons. The molecule has 0 saturated carbocycles. The average Bonchev–Trinajstić information content (AvgIpc) is 2.18. The number of aliphatic hydroxyl groups is 1. The summed E-state index contributed by atoms with van der Waals surface area (Å²) in [4.78, 5) is 4.30. The normalized spacial score (nSPS) is 10.6. The van der Waals surface area contributed by atoms with Crippen molar-refractivity contribution in [3.63, 3.8) is 0 Å². The first-order chi connectivity index (χ1) is 6.31. The van der Waals surface area contributed by atoms with Gasteiger partial charge in [0, 0.05) is 8.96 Å². The average molecular weight is 285 g/mol. The predicted molar refractivity (Wildman–Crippen MR) is 60.4 cm³/mol. The Bertz CT molecular complexity index is 442. The van der Waals surface area contributed by atoms with Crippen LogP contribution in [0, 0.1) is 3.57 Å². The summed E-state index contributed by atoms with van der Waals surface area (Å²) >= 11 is 2.26. The van der Waals surface area contributed by atoms with E-state index in [1.54, 1.807) is 0 Å². The van der Waals surface area contributed by atoms with Gasteiger partial charge in [-0.05, 0) is 34.7 Å². The molecule has 13 heavy (non-hydrogen) atoms. The summed E-state index contributed by atoms with van der Waals surface area (Å²) in [5.41, 5.74) is 1.67. The maximum absolute atomic E-state index is 8.96. The van der Waals surface area contributed by atoms with Gasteiger partial charge in [0.15, 0.2) is 0 Å². The highest BCUT2D eigenvalue weighted by Crippen LogP contribution is 2.19. The van der Waals surface area contributed by atoms with E-state index in [9.17, 15) is 0 Å². The minimum absolute atomic E-state index is 0.000829. The number of hydrogen-bond donors (Lipinski definition) is 1. The third-order valence-electron chi connectivity index (χ3n) is 1.88. The summed E-state index contributed by atoms with van der Waals surface area (Å²) in [5.74, 6) is 0. The summed E-state index contributed by atoms with van der Waals surface area (Å²) in [6, 6.07) is 9.84. The Morgan fingerprint density at radius 1 is 1.31 bits per heavy atom. The molecule has 0 amide bonds. The van der Waals surface area contributed by atoms with Gasteiger partial charge in [0.25, 0.3) is 0 Å². The fraction of sp³-hybridized carbons (Fsp3) is 0.100. The maximum Gasteiger partial charge on any atom is 0.0853 e. The molecule has 0 aliphatic heterocycles. The Morgan fingerprint density at radius 3 is 2.85 bits per heavy atom. The van der Waals surface area contributed by atoms with Gasteiger partial charge in [-0.15, -0.1) is 0 Å². The highest BCUT2D eigenvalue weighted by molar-refractivity contribution is 14.1. The van der Waals surface area contributed by atoms with E-state index in [1.807, 2.05) is 30.3 Å². The Kier molecular flexibility index (Phi) is 2.46. The molecule has 2 rings (SSSR count). The predicted octanol–water partition coefficient (Wildman–Crippen LogP) is 2.33. The van der Waals surface area contributed by atoms with Crippen molar-refractivity contribution < 1.29 is 5.11 Å². The molecule has 0 unspecified atom stereocenters. The van der Waals surface area contributed by atoms with Gasteiger partial charge >= 0.3 is 0 Å². The molecule has 0 spiro atoms. The minimum atomic E-state index is 0.000829. The zero-order valence-electron chi connectivity index (χ0n) is 6.87. The van der Waals surface area contributed by atoms with Crippen LogP contribution in [0.25, 0.3) is 10.9 Å². The SMILES string of the molecule is OCc1cc(I)c2ccccc2n1. The van der Waals surface area contributed by atoms with Crippen LogP contribution in [0.15, 0.2) is 30.3 Å². The van der Waals surface area contributed by atoms with Crippen LogP contribution >= 0.6 is 22.6 Å². The molecule has 1 N–H and O–H groups in total. The van der Waals surface area contributed by atoms with E-state index >= 15 is 0 Å². The second-order valence-electron chi connectivity index (χ2n) is 2.77. The number of pyridine rings is 1. The summed E-state index contributed by atoms with van der Waals surface area (Å²) < 4.78 is 1.13. The monoisotopic (exact) mass is 285 g/mol. The van der Waals surface area contributed by atoms with Crippen LogP contribution in [0.2, 0.25) is 0 Å². The lowest BCUT2D eigenvalue weighted by molar-refractivity contribution is 0.277. The molecule has 0 saturated heterocycles. The van der Waals surface area contributed by atoms with Crippen LogP contribution < -0.4 is 0 Å². The van der Waals surface area contributed by atoms with Crippen molar-refractivity contribution in [2.24, 2.45) is 0 Å². The van der Waals surface area contributed by atoms with E-state index in [-0.39, 0.29) is 6.61 Å². The molecular formula is C10H8INO. The molecule has 3 heteroatoms. The second-order valence-corrected chi connectivity index (χ2v) is 3.93. The number of halogens is 1. The number of aromatic nitrogens is 1. The highest BCUT2D eigenvalue weighted by atomic mass is 127. The molecule has 2 aromatic rings. The first-order valence-electron chi connectivity index (χ1n) is 3.96. The van der Waals surface area contributed by atoms with Gasteiger partial charge in [-0.1, -0.05) is 18.2 Å². The number of rotatable bonds is 1. The molecule has 1 heterocycles. The van der Waals surface area contributed by atoms with Gasteiger partial charge in [0.1, 0.15) is 0 Å². The first kappa shape index (κ1) is 8.90. The van der Waals surface area contributed by atoms with Gasteiger partial charge in [-0.3, -0.25) is 4.98 Å². The van der Waals surface area contributed by atoms with Gasteiger partial charge in [0.05, 0.1) is 17.8 Å². The Hall–Kier alpha value is -0.680. The van der Waals surface area contributed by atoms with Gasteiger partial charge < -0.3 is 5.11 Å². The molecule has 0 radical (unpaired) electrons. The van der Waals surface area contributed by atoms with E-state index in [0.29, 0.717) is 0 Å². The quantitative estimate of drug-likeness (QED) is 0.816. The Balaban J connectivity index is 2.77. The number of fused-ring (bicyclic) bond motifs is 1. The van der Waals surface area contributed by atoms with Crippen LogP contribution in [0.1, 0.15) is 5.69 Å². The van der Waals surface area contributed by atoms with E-state index in [0.717, 1.165) is 20.2 Å². The van der Waals surface area contributed by atoms with Crippen molar-refractivity contribution in [2.75, 3.05) is 0 Å². The first-order valence-corrected chi connectivity index (χ1v) is 5.04. The second kappa shape index (κ2) is 3.59. The van der Waals surface area contributed by atoms with E-state index in [4.69, 9.17) is 5.11 Å². The van der Waals surface area contributed by atoms with Crippen LogP contribution in [0.5, 0.6) is 0 Å². The van der Waals surface area contributed by atoms with Crippen molar-refractivity contribution in [3.8, 4) is 0 Å². The zero-order valence-corrected chi connectivity index (χ0v) is 9.02. The number of benzene rings is 1. The number of nitrogens with zero attached hydrogens (tertiary/aromatic N) is 1. The molecule has 0 fully saturated rings. The third kappa shape index (κ3) is 1.66. The van der Waals surface area contributed by atoms with E-state index < -0.39 is 0 Å². The van der Waals surface area contributed by atoms with Crippen molar-refractivity contribution in [1.29, 1.82) is 0 Å². The fourth-order valence-electron chi connectivity index (χ4n) is 1.27. The van der Waals surface area contributed by atoms with Gasteiger partial charge in [-0.2, -0.15) is 0 Å². The molecule has 0 atom stereocenters. The lowest BCUT2D eigenvalue weighted by Gasteiger charge is -2.02. The van der Waals surface area contributed by atoms with Crippen LogP contribution in [-0.4, -0.2) is 10.1 Å². The lowest BCUT2D eigenvalue weighted by Crippen LogP contribution is -1.91. The third-order valence-corrected chi connectivity index (χ3v) is 2.77. The zero-order chi connectivity index (χ0) is 9.26. The molecule has 0 bridgehead atoms. The van der Waals surface area contributed by atoms with Crippen LogP contribution in [0.4, 0.5) is 0 Å². The maximum atomic E-state index is 8.96. The molecule has 1 aromatic carbocycles. The fourth-order valence-corrected chi connectivity index (χ4v) is 2.08. The summed E-state index contributed by atoms with van der Waals surface area (Å²) in [6.07, 6.45) is 0. The number of para-hydroxylation sites is 1. The summed E-state index contributed by atoms with van der Waals surface area (Å²) in [7, 11) is 0. The van der Waals surface area contributed by atoms with Gasteiger partial charge in [-0.25, -0.2) is 0 Å². The van der Waals surface area contributed by atoms with Crippen molar-refractivity contribution in [1.82, 2.24) is 4.98 Å².